The van der Waals surface area contributed by atoms with Crippen molar-refractivity contribution in [2.45, 2.75) is 13.0 Å². The molecule has 0 aromatic carbocycles. The standard InChI is InChI=1S/C7H16O5SSi/c1-5-13-12-7(8)6-14(9-2,10-3)11-4/h5-6H2,1-4H3. The Morgan fingerprint density at radius 1 is 1.21 bits per heavy atom. The summed E-state index contributed by atoms with van der Waals surface area (Å²) in [6.07, 6.45) is 0. The second kappa shape index (κ2) is 7.24. The molecule has 0 saturated carbocycles. The molecular weight excluding hydrogens is 224 g/mol. The van der Waals surface area contributed by atoms with Gasteiger partial charge >= 0.3 is 14.8 Å². The molecule has 14 heavy (non-hydrogen) atoms. The van der Waals surface area contributed by atoms with Gasteiger partial charge in [0.15, 0.2) is 0 Å². The predicted octanol–water partition coefficient (Wildman–Crippen LogP) is 1.08. The largest absolute Gasteiger partial charge is 0.511 e. The van der Waals surface area contributed by atoms with Crippen molar-refractivity contribution in [3.8, 4) is 0 Å². The highest BCUT2D eigenvalue weighted by atomic mass is 32.2. The second-order valence-electron chi connectivity index (χ2n) is 2.33. The molecule has 0 aromatic rings. The topological polar surface area (TPSA) is 54.0 Å². The van der Waals surface area contributed by atoms with E-state index in [9.17, 15) is 4.79 Å². The monoisotopic (exact) mass is 240 g/mol. The Labute approximate surface area is 89.6 Å². The Morgan fingerprint density at radius 2 is 1.71 bits per heavy atom. The van der Waals surface area contributed by atoms with E-state index in [1.54, 1.807) is 0 Å². The highest BCUT2D eigenvalue weighted by Gasteiger charge is 2.41. The van der Waals surface area contributed by atoms with Crippen molar-refractivity contribution >= 4 is 26.8 Å². The molecular formula is C7H16O5SSi. The van der Waals surface area contributed by atoms with Crippen LogP contribution < -0.4 is 0 Å². The molecule has 0 aliphatic carbocycles. The summed E-state index contributed by atoms with van der Waals surface area (Å²) in [5.41, 5.74) is 0. The van der Waals surface area contributed by atoms with Crippen LogP contribution in [-0.2, 0) is 22.3 Å². The first kappa shape index (κ1) is 13.9. The fraction of sp³-hybridized carbons (Fsp3) is 0.857. The van der Waals surface area contributed by atoms with Crippen LogP contribution in [0.15, 0.2) is 0 Å². The molecule has 0 atom stereocenters. The average Bonchev–Trinajstić information content (AvgIpc) is 2.23. The first-order chi connectivity index (χ1) is 6.64. The zero-order valence-corrected chi connectivity index (χ0v) is 10.7. The maximum absolute atomic E-state index is 11.2. The maximum Gasteiger partial charge on any atom is 0.511 e. The zero-order valence-electron chi connectivity index (χ0n) is 8.86. The summed E-state index contributed by atoms with van der Waals surface area (Å²) in [4.78, 5) is 11.2. The summed E-state index contributed by atoms with van der Waals surface area (Å²) < 4.78 is 20.0. The Bertz CT molecular complexity index is 165. The van der Waals surface area contributed by atoms with Gasteiger partial charge in [0.2, 0.25) is 0 Å². The van der Waals surface area contributed by atoms with E-state index >= 15 is 0 Å². The molecule has 84 valence electrons. The van der Waals surface area contributed by atoms with Crippen molar-refractivity contribution in [1.29, 1.82) is 0 Å². The third-order valence-corrected chi connectivity index (χ3v) is 4.69. The molecule has 0 spiro atoms. The second-order valence-corrected chi connectivity index (χ2v) is 6.26. The van der Waals surface area contributed by atoms with Crippen LogP contribution in [0.5, 0.6) is 0 Å². The van der Waals surface area contributed by atoms with Gasteiger partial charge in [-0.1, -0.05) is 6.92 Å². The van der Waals surface area contributed by atoms with Crippen molar-refractivity contribution in [2.24, 2.45) is 0 Å². The lowest BCUT2D eigenvalue weighted by molar-refractivity contribution is -0.131. The first-order valence-electron chi connectivity index (χ1n) is 4.11. The van der Waals surface area contributed by atoms with Gasteiger partial charge in [-0.3, -0.25) is 4.79 Å². The lowest BCUT2D eigenvalue weighted by Crippen LogP contribution is -2.44. The van der Waals surface area contributed by atoms with Crippen LogP contribution >= 0.6 is 12.0 Å². The number of carbonyl (C=O) groups is 1. The van der Waals surface area contributed by atoms with Crippen molar-refractivity contribution in [3.05, 3.63) is 0 Å². The molecule has 0 aliphatic rings. The number of hydrogen-bond donors (Lipinski definition) is 0. The van der Waals surface area contributed by atoms with Gasteiger partial charge in [0, 0.05) is 27.1 Å². The van der Waals surface area contributed by atoms with E-state index in [2.05, 4.69) is 0 Å². The molecule has 0 amide bonds. The maximum atomic E-state index is 11.2. The molecule has 0 heterocycles. The van der Waals surface area contributed by atoms with E-state index in [4.69, 9.17) is 17.5 Å². The van der Waals surface area contributed by atoms with Gasteiger partial charge in [0.1, 0.15) is 6.04 Å². The average molecular weight is 240 g/mol. The normalized spacial score (nSPS) is 11.4. The van der Waals surface area contributed by atoms with E-state index in [1.807, 2.05) is 6.92 Å². The van der Waals surface area contributed by atoms with Gasteiger partial charge in [-0.05, 0) is 0 Å². The van der Waals surface area contributed by atoms with E-state index < -0.39 is 8.80 Å². The number of rotatable bonds is 7. The fourth-order valence-corrected chi connectivity index (χ4v) is 2.57. The summed E-state index contributed by atoms with van der Waals surface area (Å²) in [7, 11) is 1.56. The molecule has 0 aliphatic heterocycles. The molecule has 0 N–H and O–H groups in total. The van der Waals surface area contributed by atoms with E-state index in [0.717, 1.165) is 12.0 Å². The highest BCUT2D eigenvalue weighted by Crippen LogP contribution is 2.15. The van der Waals surface area contributed by atoms with E-state index in [0.29, 0.717) is 5.75 Å². The van der Waals surface area contributed by atoms with Gasteiger partial charge in [-0.25, -0.2) is 0 Å². The minimum atomic E-state index is -2.82. The summed E-state index contributed by atoms with van der Waals surface area (Å²) in [6.45, 7) is 1.89. The van der Waals surface area contributed by atoms with Crippen LogP contribution in [0.3, 0.4) is 0 Å². The fourth-order valence-electron chi connectivity index (χ4n) is 0.797. The van der Waals surface area contributed by atoms with Crippen molar-refractivity contribution in [2.75, 3.05) is 27.1 Å². The predicted molar refractivity (Wildman–Crippen MR) is 55.8 cm³/mol. The van der Waals surface area contributed by atoms with E-state index in [-0.39, 0.29) is 12.0 Å². The SMILES string of the molecule is CCSOC(=O)C[Si](OC)(OC)OC. The Morgan fingerprint density at radius 3 is 2.07 bits per heavy atom. The molecule has 0 radical (unpaired) electrons. The molecule has 0 rings (SSSR count). The Kier molecular flexibility index (Phi) is 7.20. The van der Waals surface area contributed by atoms with Crippen molar-refractivity contribution < 1.29 is 22.3 Å². The van der Waals surface area contributed by atoms with Gasteiger partial charge in [0.05, 0.1) is 12.0 Å². The number of carbonyl (C=O) groups excluding carboxylic acids is 1. The lowest BCUT2D eigenvalue weighted by Gasteiger charge is -2.22. The molecule has 5 nitrogen and oxygen atoms in total. The van der Waals surface area contributed by atoms with Crippen molar-refractivity contribution in [3.63, 3.8) is 0 Å². The molecule has 0 aromatic heterocycles. The first-order valence-corrected chi connectivity index (χ1v) is 6.96. The summed E-state index contributed by atoms with van der Waals surface area (Å²) in [5.74, 6) is 0.335. The third kappa shape index (κ3) is 4.42. The number of hydrogen-bond acceptors (Lipinski definition) is 6. The van der Waals surface area contributed by atoms with Gasteiger partial charge in [-0.2, -0.15) is 0 Å². The van der Waals surface area contributed by atoms with Gasteiger partial charge < -0.3 is 17.5 Å². The third-order valence-electron chi connectivity index (χ3n) is 1.56. The van der Waals surface area contributed by atoms with Crippen LogP contribution in [0, 0.1) is 0 Å². The quantitative estimate of drug-likeness (QED) is 0.490. The minimum Gasteiger partial charge on any atom is -0.391 e. The molecule has 0 saturated heterocycles. The van der Waals surface area contributed by atoms with E-state index in [1.165, 1.54) is 21.3 Å². The molecule has 7 heteroatoms. The van der Waals surface area contributed by atoms with Crippen LogP contribution in [0.1, 0.15) is 6.92 Å². The highest BCUT2D eigenvalue weighted by molar-refractivity contribution is 7.95. The van der Waals surface area contributed by atoms with Crippen LogP contribution in [0.25, 0.3) is 0 Å². The minimum absolute atomic E-state index is 0.0312. The van der Waals surface area contributed by atoms with Crippen LogP contribution in [-0.4, -0.2) is 41.9 Å². The molecule has 0 fully saturated rings. The lowest BCUT2D eigenvalue weighted by atomic mass is 10.8. The summed E-state index contributed by atoms with van der Waals surface area (Å²) >= 11 is 1.09. The Hall–Kier alpha value is -0.0831. The van der Waals surface area contributed by atoms with Crippen LogP contribution in [0.2, 0.25) is 6.04 Å². The summed E-state index contributed by atoms with van der Waals surface area (Å²) in [6, 6.07) is 0.0312. The van der Waals surface area contributed by atoms with Gasteiger partial charge in [-0.15, -0.1) is 0 Å². The smallest absolute Gasteiger partial charge is 0.391 e. The van der Waals surface area contributed by atoms with Crippen LogP contribution in [0.4, 0.5) is 0 Å². The van der Waals surface area contributed by atoms with Gasteiger partial charge in [0.25, 0.3) is 0 Å². The molecule has 0 unspecified atom stereocenters. The summed E-state index contributed by atoms with van der Waals surface area (Å²) in [5, 5.41) is 0. The van der Waals surface area contributed by atoms with Crippen molar-refractivity contribution in [1.82, 2.24) is 0 Å². The zero-order chi connectivity index (χ0) is 11.0. The molecule has 0 bridgehead atoms. The Balaban J connectivity index is 4.08.